The van der Waals surface area contributed by atoms with E-state index in [1.165, 1.54) is 0 Å². The average Bonchev–Trinajstić information content (AvgIpc) is 2.67. The van der Waals surface area contributed by atoms with Gasteiger partial charge in [0.15, 0.2) is 11.5 Å². The van der Waals surface area contributed by atoms with Gasteiger partial charge < -0.3 is 14.4 Å². The van der Waals surface area contributed by atoms with E-state index in [4.69, 9.17) is 9.47 Å². The number of hydrogen-bond acceptors (Lipinski definition) is 3. The lowest BCUT2D eigenvalue weighted by molar-refractivity contribution is -0.118. The summed E-state index contributed by atoms with van der Waals surface area (Å²) in [5.74, 6) is 1.52. The lowest BCUT2D eigenvalue weighted by Crippen LogP contribution is -2.29. The molecule has 0 bridgehead atoms. The predicted molar refractivity (Wildman–Crippen MR) is 96.7 cm³/mol. The monoisotopic (exact) mass is 327 g/mol. The molecular formula is C20H25NO3. The standard InChI is InChI=1S/C18H19NO3.C2H6/c1-2-18(20)19(13-14-6-4-3-5-7-14)15-8-9-16-17(12-15)22-11-10-21-16;1-2/h3-9,12H,2,10-11,13H2,1H3;1-2H3. The van der Waals surface area contributed by atoms with E-state index in [2.05, 4.69) is 0 Å². The number of anilines is 1. The fraction of sp³-hybridized carbons (Fsp3) is 0.350. The Labute approximate surface area is 144 Å². The van der Waals surface area contributed by atoms with E-state index in [1.807, 2.05) is 69.3 Å². The third-order valence-electron chi connectivity index (χ3n) is 3.62. The van der Waals surface area contributed by atoms with Gasteiger partial charge in [-0.15, -0.1) is 0 Å². The molecule has 24 heavy (non-hydrogen) atoms. The molecule has 0 aromatic heterocycles. The lowest BCUT2D eigenvalue weighted by atomic mass is 10.1. The van der Waals surface area contributed by atoms with E-state index in [9.17, 15) is 4.79 Å². The third-order valence-corrected chi connectivity index (χ3v) is 3.62. The molecule has 4 heteroatoms. The topological polar surface area (TPSA) is 38.8 Å². The van der Waals surface area contributed by atoms with Gasteiger partial charge in [-0.1, -0.05) is 51.1 Å². The second kappa shape index (κ2) is 8.96. The van der Waals surface area contributed by atoms with E-state index in [0.717, 1.165) is 17.0 Å². The minimum atomic E-state index is 0.0838. The van der Waals surface area contributed by atoms with E-state index >= 15 is 0 Å². The molecule has 0 aliphatic carbocycles. The predicted octanol–water partition coefficient (Wildman–Crippen LogP) is 4.43. The van der Waals surface area contributed by atoms with Gasteiger partial charge in [-0.25, -0.2) is 0 Å². The number of amides is 1. The van der Waals surface area contributed by atoms with Crippen LogP contribution in [0, 0.1) is 0 Å². The molecule has 0 saturated carbocycles. The molecule has 1 aliphatic heterocycles. The van der Waals surface area contributed by atoms with Gasteiger partial charge in [0.1, 0.15) is 13.2 Å². The van der Waals surface area contributed by atoms with Gasteiger partial charge >= 0.3 is 0 Å². The van der Waals surface area contributed by atoms with Crippen LogP contribution in [0.1, 0.15) is 32.8 Å². The van der Waals surface area contributed by atoms with Gasteiger partial charge in [0.05, 0.1) is 6.54 Å². The molecule has 1 heterocycles. The molecule has 0 spiro atoms. The van der Waals surface area contributed by atoms with Crippen molar-refractivity contribution in [3.63, 3.8) is 0 Å². The maximum absolute atomic E-state index is 12.3. The molecule has 128 valence electrons. The molecule has 0 fully saturated rings. The number of fused-ring (bicyclic) bond motifs is 1. The van der Waals surface area contributed by atoms with Crippen LogP contribution >= 0.6 is 0 Å². The van der Waals surface area contributed by atoms with E-state index in [-0.39, 0.29) is 5.91 Å². The zero-order chi connectivity index (χ0) is 17.4. The van der Waals surface area contributed by atoms with Crippen LogP contribution in [0.4, 0.5) is 5.69 Å². The van der Waals surface area contributed by atoms with Crippen molar-refractivity contribution in [1.82, 2.24) is 0 Å². The molecule has 0 atom stereocenters. The van der Waals surface area contributed by atoms with Crippen molar-refractivity contribution in [3.8, 4) is 11.5 Å². The molecule has 0 N–H and O–H groups in total. The Morgan fingerprint density at radius 2 is 1.67 bits per heavy atom. The molecule has 0 saturated heterocycles. The van der Waals surface area contributed by atoms with Crippen LogP contribution in [-0.2, 0) is 11.3 Å². The smallest absolute Gasteiger partial charge is 0.227 e. The van der Waals surface area contributed by atoms with Gasteiger partial charge in [-0.05, 0) is 17.7 Å². The first kappa shape index (κ1) is 17.9. The van der Waals surface area contributed by atoms with Crippen LogP contribution in [0.5, 0.6) is 11.5 Å². The van der Waals surface area contributed by atoms with Crippen molar-refractivity contribution in [2.45, 2.75) is 33.7 Å². The highest BCUT2D eigenvalue weighted by molar-refractivity contribution is 5.93. The Morgan fingerprint density at radius 1 is 1.00 bits per heavy atom. The van der Waals surface area contributed by atoms with Gasteiger partial charge in [-0.3, -0.25) is 4.79 Å². The summed E-state index contributed by atoms with van der Waals surface area (Å²) in [6, 6.07) is 15.6. The van der Waals surface area contributed by atoms with E-state index in [1.54, 1.807) is 4.90 Å². The maximum Gasteiger partial charge on any atom is 0.227 e. The zero-order valence-corrected chi connectivity index (χ0v) is 14.6. The number of ether oxygens (including phenoxy) is 2. The highest BCUT2D eigenvalue weighted by atomic mass is 16.6. The summed E-state index contributed by atoms with van der Waals surface area (Å²) in [7, 11) is 0. The second-order valence-corrected chi connectivity index (χ2v) is 5.15. The molecule has 2 aromatic rings. The van der Waals surface area contributed by atoms with Crippen LogP contribution in [0.15, 0.2) is 48.5 Å². The van der Waals surface area contributed by atoms with Crippen molar-refractivity contribution in [1.29, 1.82) is 0 Å². The van der Waals surface area contributed by atoms with Crippen molar-refractivity contribution in [2.24, 2.45) is 0 Å². The van der Waals surface area contributed by atoms with Crippen LogP contribution in [0.2, 0.25) is 0 Å². The summed E-state index contributed by atoms with van der Waals surface area (Å²) in [4.78, 5) is 14.1. The molecule has 1 aliphatic rings. The Bertz CT molecular complexity index is 655. The second-order valence-electron chi connectivity index (χ2n) is 5.15. The highest BCUT2D eigenvalue weighted by Gasteiger charge is 2.18. The number of rotatable bonds is 4. The van der Waals surface area contributed by atoms with Gasteiger partial charge in [-0.2, -0.15) is 0 Å². The molecule has 4 nitrogen and oxygen atoms in total. The number of carbonyl (C=O) groups is 1. The minimum absolute atomic E-state index is 0.0838. The molecular weight excluding hydrogens is 302 g/mol. The first-order chi connectivity index (χ1) is 11.8. The maximum atomic E-state index is 12.3. The Hall–Kier alpha value is -2.49. The van der Waals surface area contributed by atoms with Crippen LogP contribution in [0.3, 0.4) is 0 Å². The first-order valence-corrected chi connectivity index (χ1v) is 8.52. The Morgan fingerprint density at radius 3 is 2.33 bits per heavy atom. The summed E-state index contributed by atoms with van der Waals surface area (Å²) < 4.78 is 11.1. The molecule has 2 aromatic carbocycles. The largest absolute Gasteiger partial charge is 0.486 e. The summed E-state index contributed by atoms with van der Waals surface area (Å²) in [5.41, 5.74) is 1.93. The van der Waals surface area contributed by atoms with Crippen molar-refractivity contribution < 1.29 is 14.3 Å². The molecule has 3 rings (SSSR count). The Kier molecular flexibility index (Phi) is 6.67. The number of nitrogens with zero attached hydrogens (tertiary/aromatic N) is 1. The van der Waals surface area contributed by atoms with Gasteiger partial charge in [0.25, 0.3) is 0 Å². The average molecular weight is 327 g/mol. The van der Waals surface area contributed by atoms with Crippen LogP contribution in [-0.4, -0.2) is 19.1 Å². The summed E-state index contributed by atoms with van der Waals surface area (Å²) in [6.45, 7) is 7.52. The van der Waals surface area contributed by atoms with Gasteiger partial charge in [0, 0.05) is 18.2 Å². The van der Waals surface area contributed by atoms with Crippen LogP contribution < -0.4 is 14.4 Å². The molecule has 0 unspecified atom stereocenters. The minimum Gasteiger partial charge on any atom is -0.486 e. The lowest BCUT2D eigenvalue weighted by Gasteiger charge is -2.25. The first-order valence-electron chi connectivity index (χ1n) is 8.52. The Balaban J connectivity index is 0.00000100. The summed E-state index contributed by atoms with van der Waals surface area (Å²) in [5, 5.41) is 0. The van der Waals surface area contributed by atoms with Crippen LogP contribution in [0.25, 0.3) is 0 Å². The highest BCUT2D eigenvalue weighted by Crippen LogP contribution is 2.34. The molecule has 1 amide bonds. The van der Waals surface area contributed by atoms with Crippen molar-refractivity contribution in [3.05, 3.63) is 54.1 Å². The SMILES string of the molecule is CC.CCC(=O)N(Cc1ccccc1)c1ccc2c(c1)OCCO2. The number of hydrogen-bond donors (Lipinski definition) is 0. The summed E-state index contributed by atoms with van der Waals surface area (Å²) >= 11 is 0. The van der Waals surface area contributed by atoms with E-state index < -0.39 is 0 Å². The van der Waals surface area contributed by atoms with E-state index in [0.29, 0.717) is 31.9 Å². The zero-order valence-electron chi connectivity index (χ0n) is 14.6. The van der Waals surface area contributed by atoms with Crippen molar-refractivity contribution >= 4 is 11.6 Å². The van der Waals surface area contributed by atoms with Crippen molar-refractivity contribution in [2.75, 3.05) is 18.1 Å². The van der Waals surface area contributed by atoms with Gasteiger partial charge in [0.2, 0.25) is 5.91 Å². The number of carbonyl (C=O) groups excluding carboxylic acids is 1. The number of benzene rings is 2. The quantitative estimate of drug-likeness (QED) is 0.834. The third kappa shape index (κ3) is 4.28. The molecule has 0 radical (unpaired) electrons. The normalized spacial score (nSPS) is 12.0. The fourth-order valence-corrected chi connectivity index (χ4v) is 2.48. The fourth-order valence-electron chi connectivity index (χ4n) is 2.48. The summed E-state index contributed by atoms with van der Waals surface area (Å²) in [6.07, 6.45) is 0.460.